The second-order valence-electron chi connectivity index (χ2n) is 5.06. The number of aromatic nitrogens is 1. The molecule has 1 amide bonds. The molecule has 0 saturated heterocycles. The van der Waals surface area contributed by atoms with Crippen LogP contribution in [0, 0.1) is 0 Å². The molecule has 0 aliphatic heterocycles. The standard InChI is InChI=1S/C16H20BrN3O/c1-4-20(3)16(21)11(2)19-10-12-7-8-14(17)13-6-5-9-18-15(12)13/h5-9,11,19H,4,10H2,1-3H3. The molecule has 0 spiro atoms. The summed E-state index contributed by atoms with van der Waals surface area (Å²) < 4.78 is 1.03. The molecule has 1 unspecified atom stereocenters. The van der Waals surface area contributed by atoms with Crippen molar-refractivity contribution >= 4 is 32.7 Å². The Labute approximate surface area is 133 Å². The smallest absolute Gasteiger partial charge is 0.239 e. The molecule has 0 saturated carbocycles. The van der Waals surface area contributed by atoms with Crippen molar-refractivity contribution in [3.8, 4) is 0 Å². The Hall–Kier alpha value is -1.46. The van der Waals surface area contributed by atoms with Crippen molar-refractivity contribution in [2.24, 2.45) is 0 Å². The van der Waals surface area contributed by atoms with Gasteiger partial charge in [0.25, 0.3) is 0 Å². The monoisotopic (exact) mass is 349 g/mol. The van der Waals surface area contributed by atoms with Crippen LogP contribution in [-0.4, -0.2) is 35.4 Å². The largest absolute Gasteiger partial charge is 0.345 e. The number of pyridine rings is 1. The van der Waals surface area contributed by atoms with Gasteiger partial charge in [-0.3, -0.25) is 9.78 Å². The van der Waals surface area contributed by atoms with Crippen molar-refractivity contribution in [1.29, 1.82) is 0 Å². The zero-order valence-corrected chi connectivity index (χ0v) is 14.1. The van der Waals surface area contributed by atoms with E-state index in [0.717, 1.165) is 20.9 Å². The van der Waals surface area contributed by atoms with Gasteiger partial charge in [0, 0.05) is 36.2 Å². The fourth-order valence-corrected chi connectivity index (χ4v) is 2.63. The van der Waals surface area contributed by atoms with Crippen LogP contribution in [0.25, 0.3) is 10.9 Å². The number of nitrogens with zero attached hydrogens (tertiary/aromatic N) is 2. The van der Waals surface area contributed by atoms with Crippen molar-refractivity contribution in [1.82, 2.24) is 15.2 Å². The number of benzene rings is 1. The molecule has 112 valence electrons. The predicted octanol–water partition coefficient (Wildman–Crippen LogP) is 2.95. The third-order valence-corrected chi connectivity index (χ3v) is 4.31. The Balaban J connectivity index is 2.14. The van der Waals surface area contributed by atoms with E-state index in [4.69, 9.17) is 0 Å². The quantitative estimate of drug-likeness (QED) is 0.902. The Morgan fingerprint density at radius 2 is 2.19 bits per heavy atom. The number of rotatable bonds is 5. The van der Waals surface area contributed by atoms with Crippen LogP contribution in [0.3, 0.4) is 0 Å². The Bertz CT molecular complexity index is 644. The first-order valence-corrected chi connectivity index (χ1v) is 7.84. The van der Waals surface area contributed by atoms with Crippen LogP contribution < -0.4 is 5.32 Å². The highest BCUT2D eigenvalue weighted by Gasteiger charge is 2.16. The summed E-state index contributed by atoms with van der Waals surface area (Å²) in [6.45, 7) is 5.19. The first-order valence-electron chi connectivity index (χ1n) is 7.05. The van der Waals surface area contributed by atoms with E-state index in [0.29, 0.717) is 13.1 Å². The highest BCUT2D eigenvalue weighted by Crippen LogP contribution is 2.25. The van der Waals surface area contributed by atoms with E-state index >= 15 is 0 Å². The molecule has 2 rings (SSSR count). The summed E-state index contributed by atoms with van der Waals surface area (Å²) in [7, 11) is 1.82. The molecule has 1 heterocycles. The zero-order chi connectivity index (χ0) is 15.4. The number of hydrogen-bond acceptors (Lipinski definition) is 3. The van der Waals surface area contributed by atoms with Gasteiger partial charge < -0.3 is 10.2 Å². The maximum Gasteiger partial charge on any atom is 0.239 e. The summed E-state index contributed by atoms with van der Waals surface area (Å²) >= 11 is 3.54. The lowest BCUT2D eigenvalue weighted by Gasteiger charge is -2.21. The summed E-state index contributed by atoms with van der Waals surface area (Å²) in [5.74, 6) is 0.104. The van der Waals surface area contributed by atoms with Crippen LogP contribution >= 0.6 is 15.9 Å². The molecule has 21 heavy (non-hydrogen) atoms. The third-order valence-electron chi connectivity index (χ3n) is 3.62. The number of carbonyl (C=O) groups is 1. The molecule has 1 aromatic carbocycles. The van der Waals surface area contributed by atoms with Gasteiger partial charge in [0.05, 0.1) is 11.6 Å². The fourth-order valence-electron chi connectivity index (χ4n) is 2.18. The molecule has 0 aliphatic rings. The minimum atomic E-state index is -0.211. The van der Waals surface area contributed by atoms with E-state index in [1.54, 1.807) is 11.1 Å². The SMILES string of the molecule is CCN(C)C(=O)C(C)NCc1ccc(Br)c2cccnc12. The Morgan fingerprint density at radius 3 is 2.90 bits per heavy atom. The topological polar surface area (TPSA) is 45.2 Å². The summed E-state index contributed by atoms with van der Waals surface area (Å²) in [4.78, 5) is 18.2. The predicted molar refractivity (Wildman–Crippen MR) is 89.1 cm³/mol. The lowest BCUT2D eigenvalue weighted by Crippen LogP contribution is -2.42. The van der Waals surface area contributed by atoms with Gasteiger partial charge in [-0.15, -0.1) is 0 Å². The second-order valence-corrected chi connectivity index (χ2v) is 5.92. The molecule has 0 aliphatic carbocycles. The molecule has 0 radical (unpaired) electrons. The van der Waals surface area contributed by atoms with Crippen LogP contribution in [0.2, 0.25) is 0 Å². The maximum atomic E-state index is 12.1. The third kappa shape index (κ3) is 3.60. The average Bonchev–Trinajstić information content (AvgIpc) is 2.52. The highest BCUT2D eigenvalue weighted by atomic mass is 79.9. The molecular weight excluding hydrogens is 330 g/mol. The van der Waals surface area contributed by atoms with Gasteiger partial charge in [0.15, 0.2) is 0 Å². The first-order chi connectivity index (χ1) is 10.0. The molecule has 4 nitrogen and oxygen atoms in total. The van der Waals surface area contributed by atoms with E-state index in [1.807, 2.05) is 45.2 Å². The number of nitrogens with one attached hydrogen (secondary N) is 1. The number of hydrogen-bond donors (Lipinski definition) is 1. The van der Waals surface area contributed by atoms with Gasteiger partial charge in [-0.1, -0.05) is 28.1 Å². The van der Waals surface area contributed by atoms with E-state index < -0.39 is 0 Å². The lowest BCUT2D eigenvalue weighted by atomic mass is 10.1. The van der Waals surface area contributed by atoms with E-state index in [1.165, 1.54) is 0 Å². The molecule has 1 aromatic heterocycles. The van der Waals surface area contributed by atoms with Gasteiger partial charge in [-0.05, 0) is 31.5 Å². The summed E-state index contributed by atoms with van der Waals surface area (Å²) in [5.41, 5.74) is 2.05. The van der Waals surface area contributed by atoms with Crippen molar-refractivity contribution in [2.75, 3.05) is 13.6 Å². The van der Waals surface area contributed by atoms with Crippen molar-refractivity contribution in [3.05, 3.63) is 40.5 Å². The highest BCUT2D eigenvalue weighted by molar-refractivity contribution is 9.10. The van der Waals surface area contributed by atoms with Crippen LogP contribution in [0.15, 0.2) is 34.9 Å². The minimum absolute atomic E-state index is 0.104. The van der Waals surface area contributed by atoms with Crippen molar-refractivity contribution in [3.63, 3.8) is 0 Å². The van der Waals surface area contributed by atoms with Gasteiger partial charge in [-0.25, -0.2) is 0 Å². The molecule has 5 heteroatoms. The molecule has 0 bridgehead atoms. The summed E-state index contributed by atoms with van der Waals surface area (Å²) in [5, 5.41) is 4.36. The van der Waals surface area contributed by atoms with Crippen LogP contribution in [-0.2, 0) is 11.3 Å². The van der Waals surface area contributed by atoms with Crippen LogP contribution in [0.4, 0.5) is 0 Å². The van der Waals surface area contributed by atoms with Gasteiger partial charge in [0.1, 0.15) is 0 Å². The second kappa shape index (κ2) is 7.00. The van der Waals surface area contributed by atoms with Crippen LogP contribution in [0.5, 0.6) is 0 Å². The maximum absolute atomic E-state index is 12.1. The number of likely N-dealkylation sites (N-methyl/N-ethyl adjacent to an activating group) is 1. The Morgan fingerprint density at radius 1 is 1.43 bits per heavy atom. The molecular formula is C16H20BrN3O. The first kappa shape index (κ1) is 15.9. The van der Waals surface area contributed by atoms with Gasteiger partial charge >= 0.3 is 0 Å². The van der Waals surface area contributed by atoms with E-state index in [-0.39, 0.29) is 11.9 Å². The molecule has 2 aromatic rings. The van der Waals surface area contributed by atoms with Crippen molar-refractivity contribution < 1.29 is 4.79 Å². The number of fused-ring (bicyclic) bond motifs is 1. The molecule has 1 N–H and O–H groups in total. The fraction of sp³-hybridized carbons (Fsp3) is 0.375. The normalized spacial score (nSPS) is 12.4. The van der Waals surface area contributed by atoms with Gasteiger partial charge in [-0.2, -0.15) is 0 Å². The Kier molecular flexibility index (Phi) is 5.31. The summed E-state index contributed by atoms with van der Waals surface area (Å²) in [6, 6.07) is 7.80. The summed E-state index contributed by atoms with van der Waals surface area (Å²) in [6.07, 6.45) is 1.79. The van der Waals surface area contributed by atoms with E-state index in [9.17, 15) is 4.79 Å². The number of halogens is 1. The number of carbonyl (C=O) groups excluding carboxylic acids is 1. The number of amides is 1. The zero-order valence-electron chi connectivity index (χ0n) is 12.6. The van der Waals surface area contributed by atoms with Gasteiger partial charge in [0.2, 0.25) is 5.91 Å². The van der Waals surface area contributed by atoms with E-state index in [2.05, 4.69) is 26.2 Å². The lowest BCUT2D eigenvalue weighted by molar-refractivity contribution is -0.131. The minimum Gasteiger partial charge on any atom is -0.345 e. The van der Waals surface area contributed by atoms with Crippen LogP contribution in [0.1, 0.15) is 19.4 Å². The van der Waals surface area contributed by atoms with Crippen molar-refractivity contribution in [2.45, 2.75) is 26.4 Å². The molecule has 1 atom stereocenters. The average molecular weight is 350 g/mol. The molecule has 0 fully saturated rings.